The van der Waals surface area contributed by atoms with Crippen molar-refractivity contribution in [1.82, 2.24) is 57.8 Å². The first-order valence-electron chi connectivity index (χ1n) is 27.8. The van der Waals surface area contributed by atoms with Gasteiger partial charge in [0.1, 0.15) is 91.3 Å². The Balaban J connectivity index is 1.05. The van der Waals surface area contributed by atoms with E-state index in [4.69, 9.17) is 48.9 Å². The smallest absolute Gasteiger partial charge is 0.164 e. The van der Waals surface area contributed by atoms with E-state index in [2.05, 4.69) is 143 Å². The van der Waals surface area contributed by atoms with Crippen molar-refractivity contribution < 1.29 is 18.9 Å². The van der Waals surface area contributed by atoms with Crippen LogP contribution in [0.15, 0.2) is 170 Å². The number of hydrogen-bond acceptors (Lipinski definition) is 10. The fourth-order valence-corrected chi connectivity index (χ4v) is 10.4. The van der Waals surface area contributed by atoms with Gasteiger partial charge in [0.2, 0.25) is 0 Å². The molecule has 84 heavy (non-hydrogen) atoms. The quantitative estimate of drug-likeness (QED) is 0.113. The minimum absolute atomic E-state index is 0.425. The van der Waals surface area contributed by atoms with Crippen LogP contribution in [0.25, 0.3) is 89.7 Å². The minimum Gasteiger partial charge on any atom is -0.457 e. The molecule has 0 saturated carbocycles. The van der Waals surface area contributed by atoms with Gasteiger partial charge in [-0.3, -0.25) is 17.9 Å². The normalized spacial score (nSPS) is 12.5. The summed E-state index contributed by atoms with van der Waals surface area (Å²) >= 11 is 0. The zero-order valence-electron chi connectivity index (χ0n) is 49.3. The molecule has 8 aromatic carbocycles. The summed E-state index contributed by atoms with van der Waals surface area (Å²) in [6.07, 6.45) is 0. The molecule has 0 spiro atoms. The summed E-state index contributed by atoms with van der Waals surface area (Å²) in [6, 6.07) is 56.2. The predicted molar refractivity (Wildman–Crippen MR) is 340 cm³/mol. The van der Waals surface area contributed by atoms with Crippen molar-refractivity contribution in [3.63, 3.8) is 0 Å². The number of quaternary nitrogens is 4. The Hall–Kier alpha value is -9.84. The molecule has 11 aromatic rings. The van der Waals surface area contributed by atoms with Crippen molar-refractivity contribution in [2.75, 3.05) is 84.6 Å². The number of fused-ring (bicyclic) bond motifs is 20. The highest BCUT2D eigenvalue weighted by Gasteiger charge is 2.26. The number of ether oxygens (including phenoxy) is 4. The predicted octanol–water partition coefficient (Wildman–Crippen LogP) is 14.8. The number of H-pyrrole nitrogens is 2. The highest BCUT2D eigenvalue weighted by atomic mass is 16.5. The number of nitrogens with one attached hydrogen (secondary N) is 2. The van der Waals surface area contributed by atoms with E-state index in [-0.39, 0.29) is 0 Å². The van der Waals surface area contributed by atoms with E-state index >= 15 is 0 Å². The second-order valence-corrected chi connectivity index (χ2v) is 24.9. The maximum absolute atomic E-state index is 6.63. The number of nitrogens with zero attached hydrogens (tertiary/aromatic N) is 10. The SMILES string of the molecule is C[N+](C)(C)c1cccc(Oc2ccc3c(c2)-c2nc-3nc3[nH]c(nc4nc(nc5[nH]c(n2)c2ccc(Oc6cccc([N+](C)(C)C)c6)cc52)-c2ccc(Oc5cccc([N+](C)(C)C)c5)cc2-4)c2ccc(Oc4cccc([N+](C)(C)C)c4)cc32)c1. The van der Waals surface area contributed by atoms with E-state index in [1.165, 1.54) is 0 Å². The van der Waals surface area contributed by atoms with Crippen LogP contribution in [0.3, 0.4) is 0 Å². The maximum Gasteiger partial charge on any atom is 0.164 e. The van der Waals surface area contributed by atoms with Crippen LogP contribution in [0.4, 0.5) is 22.7 Å². The molecule has 16 heteroatoms. The average Bonchev–Trinajstić information content (AvgIpc) is 3.23. The first-order chi connectivity index (χ1) is 40.0. The Bertz CT molecular complexity index is 4340. The standard InChI is InChI=1S/C68H66N12O4/c1-77(2,3)41-17-13-21-45(33-41)81-49-25-29-53-57(37-49)65-69-61(53)74-66-59-39-51(83-47-23-15-19-43(35-47)79(7,8)9)27-31-55(59)63(71-66)76-68-60-40-52(84-48-24-16-20-44(36-48)80(10,11)12)28-32-56(60)64(72-68)75-67-58-38-50(26-30-54(58)62(70-67)73-65)82-46-22-14-18-42(34-46)78(4,5)6/h13-40H,1-12H3,(H2,69,70,71,72,73,74,75,76)/q+4. The van der Waals surface area contributed by atoms with Crippen LogP contribution >= 0.6 is 0 Å². The third kappa shape index (κ3) is 10.5. The van der Waals surface area contributed by atoms with Crippen LogP contribution in [0.5, 0.6) is 46.0 Å². The molecule has 2 aliphatic heterocycles. The highest BCUT2D eigenvalue weighted by Crippen LogP contribution is 2.43. The molecular weight excluding hydrogens is 1050 g/mol. The zero-order valence-corrected chi connectivity index (χ0v) is 49.3. The van der Waals surface area contributed by atoms with Gasteiger partial charge in [-0.05, 0) is 121 Å². The number of hydrogen-bond donors (Lipinski definition) is 2. The lowest BCUT2D eigenvalue weighted by Gasteiger charge is -2.23. The van der Waals surface area contributed by atoms with Crippen LogP contribution < -0.4 is 36.9 Å². The molecule has 3 aromatic heterocycles. The molecule has 2 N–H and O–H groups in total. The number of rotatable bonds is 12. The highest BCUT2D eigenvalue weighted by molar-refractivity contribution is 6.07. The summed E-state index contributed by atoms with van der Waals surface area (Å²) in [7, 11) is 25.6. The Morgan fingerprint density at radius 1 is 0.250 bits per heavy atom. The van der Waals surface area contributed by atoms with Gasteiger partial charge in [0.05, 0.1) is 84.6 Å². The third-order valence-corrected chi connectivity index (χ3v) is 15.0. The molecule has 8 bridgehead atoms. The zero-order chi connectivity index (χ0) is 58.5. The van der Waals surface area contributed by atoms with E-state index in [9.17, 15) is 0 Å². The van der Waals surface area contributed by atoms with E-state index in [0.717, 1.165) is 66.5 Å². The molecule has 0 atom stereocenters. The molecule has 0 aliphatic carbocycles. The maximum atomic E-state index is 6.63. The molecule has 0 unspecified atom stereocenters. The van der Waals surface area contributed by atoms with Crippen LogP contribution in [0, 0.1) is 0 Å². The fourth-order valence-electron chi connectivity index (χ4n) is 10.4. The first-order valence-corrected chi connectivity index (χ1v) is 27.8. The van der Waals surface area contributed by atoms with Gasteiger partial charge >= 0.3 is 0 Å². The third-order valence-electron chi connectivity index (χ3n) is 15.0. The van der Waals surface area contributed by atoms with E-state index in [1.807, 2.05) is 121 Å². The molecule has 418 valence electrons. The fraction of sp³-hybridized carbons (Fsp3) is 0.176. The summed E-state index contributed by atoms with van der Waals surface area (Å²) in [6.45, 7) is 0. The summed E-state index contributed by atoms with van der Waals surface area (Å²) < 4.78 is 29.0. The van der Waals surface area contributed by atoms with E-state index < -0.39 is 0 Å². The Morgan fingerprint density at radius 2 is 0.512 bits per heavy atom. The second-order valence-electron chi connectivity index (χ2n) is 24.9. The second kappa shape index (κ2) is 20.0. The van der Waals surface area contributed by atoms with Crippen molar-refractivity contribution >= 4 is 66.9 Å². The van der Waals surface area contributed by atoms with Gasteiger partial charge in [0.15, 0.2) is 23.3 Å². The molecule has 13 rings (SSSR count). The minimum atomic E-state index is 0.425. The largest absolute Gasteiger partial charge is 0.457 e. The lowest BCUT2D eigenvalue weighted by Crippen LogP contribution is -2.34. The summed E-state index contributed by atoms with van der Waals surface area (Å²) in [5, 5.41) is 3.09. The Kier molecular flexibility index (Phi) is 12.7. The first kappa shape index (κ1) is 53.5. The van der Waals surface area contributed by atoms with Crippen molar-refractivity contribution in [3.05, 3.63) is 170 Å². The van der Waals surface area contributed by atoms with Crippen molar-refractivity contribution in [3.8, 4) is 91.5 Å². The van der Waals surface area contributed by atoms with Crippen molar-refractivity contribution in [1.29, 1.82) is 0 Å². The summed E-state index contributed by atoms with van der Waals surface area (Å²) in [5.41, 5.74) is 9.46. The molecule has 2 aliphatic rings. The summed E-state index contributed by atoms with van der Waals surface area (Å²) in [4.78, 5) is 39.3. The Morgan fingerprint density at radius 3 is 0.821 bits per heavy atom. The molecular formula is C68H66N12O4+4. The van der Waals surface area contributed by atoms with Gasteiger partial charge in [0, 0.05) is 68.1 Å². The monoisotopic (exact) mass is 1110 g/mol. The van der Waals surface area contributed by atoms with Crippen molar-refractivity contribution in [2.45, 2.75) is 0 Å². The number of aromatic amines is 2. The van der Waals surface area contributed by atoms with Gasteiger partial charge in [-0.1, -0.05) is 24.3 Å². The van der Waals surface area contributed by atoms with Crippen LogP contribution in [0.2, 0.25) is 0 Å². The topological polar surface area (TPSA) is 146 Å². The van der Waals surface area contributed by atoms with Gasteiger partial charge in [-0.25, -0.2) is 29.9 Å². The average molecular weight is 1120 g/mol. The van der Waals surface area contributed by atoms with Gasteiger partial charge in [0.25, 0.3) is 0 Å². The lowest BCUT2D eigenvalue weighted by atomic mass is 10.1. The van der Waals surface area contributed by atoms with Gasteiger partial charge < -0.3 is 28.9 Å². The molecule has 0 radical (unpaired) electrons. The molecule has 0 saturated heterocycles. The Labute approximate surface area is 487 Å². The van der Waals surface area contributed by atoms with E-state index in [0.29, 0.717) is 110 Å². The lowest BCUT2D eigenvalue weighted by molar-refractivity contribution is 0.466. The number of benzene rings is 8. The number of aromatic nitrogens is 8. The van der Waals surface area contributed by atoms with Crippen LogP contribution in [0.1, 0.15) is 0 Å². The van der Waals surface area contributed by atoms with E-state index in [1.54, 1.807) is 0 Å². The molecule has 0 fully saturated rings. The molecule has 0 amide bonds. The van der Waals surface area contributed by atoms with Crippen molar-refractivity contribution in [2.24, 2.45) is 0 Å². The van der Waals surface area contributed by atoms with Gasteiger partial charge in [-0.15, -0.1) is 0 Å². The molecule has 5 heterocycles. The molecule has 16 nitrogen and oxygen atoms in total. The summed E-state index contributed by atoms with van der Waals surface area (Å²) in [5.74, 6) is 7.03. The van der Waals surface area contributed by atoms with Gasteiger partial charge in [-0.2, -0.15) is 0 Å². The van der Waals surface area contributed by atoms with Crippen LogP contribution in [-0.4, -0.2) is 124 Å². The van der Waals surface area contributed by atoms with Crippen LogP contribution in [-0.2, 0) is 0 Å².